The zero-order valence-electron chi connectivity index (χ0n) is 9.34. The predicted molar refractivity (Wildman–Crippen MR) is 60.6 cm³/mol. The van der Waals surface area contributed by atoms with Gasteiger partial charge in [0.25, 0.3) is 0 Å². The van der Waals surface area contributed by atoms with E-state index in [0.29, 0.717) is 5.92 Å². The highest BCUT2D eigenvalue weighted by Crippen LogP contribution is 2.19. The maximum absolute atomic E-state index is 13.1. The lowest BCUT2D eigenvalue weighted by Gasteiger charge is -2.24. The topological polar surface area (TPSA) is 15.3 Å². The lowest BCUT2D eigenvalue weighted by Crippen LogP contribution is -2.29. The molecule has 1 unspecified atom stereocenters. The fraction of sp³-hybridized carbons (Fsp3) is 0.500. The van der Waals surface area contributed by atoms with Crippen LogP contribution >= 0.6 is 0 Å². The summed E-state index contributed by atoms with van der Waals surface area (Å²) in [5, 5.41) is 3.31. The molecule has 1 aromatic carbocycles. The highest BCUT2D eigenvalue weighted by atomic mass is 19.2. The van der Waals surface area contributed by atoms with Crippen LogP contribution in [-0.4, -0.2) is 26.2 Å². The minimum Gasteiger partial charge on any atom is -0.370 e. The third-order valence-electron chi connectivity index (χ3n) is 2.85. The van der Waals surface area contributed by atoms with Crippen molar-refractivity contribution in [3.05, 3.63) is 29.8 Å². The normalized spacial score (nSPS) is 21.9. The fourth-order valence-electron chi connectivity index (χ4n) is 2.01. The van der Waals surface area contributed by atoms with E-state index in [4.69, 9.17) is 0 Å². The van der Waals surface area contributed by atoms with Crippen molar-refractivity contribution >= 4 is 5.69 Å². The van der Waals surface area contributed by atoms with Gasteiger partial charge >= 0.3 is 0 Å². The summed E-state index contributed by atoms with van der Waals surface area (Å²) < 4.78 is 25.9. The summed E-state index contributed by atoms with van der Waals surface area (Å²) >= 11 is 0. The molecule has 0 aromatic heterocycles. The van der Waals surface area contributed by atoms with E-state index in [1.165, 1.54) is 12.1 Å². The summed E-state index contributed by atoms with van der Waals surface area (Å²) in [7, 11) is 0. The molecule has 1 aromatic rings. The van der Waals surface area contributed by atoms with Gasteiger partial charge in [0.05, 0.1) is 0 Å². The molecule has 1 saturated heterocycles. The molecule has 0 aliphatic carbocycles. The molecule has 0 amide bonds. The number of hydrogen-bond donors (Lipinski definition) is 1. The van der Waals surface area contributed by atoms with E-state index in [2.05, 4.69) is 17.1 Å². The van der Waals surface area contributed by atoms with Crippen molar-refractivity contribution < 1.29 is 8.78 Å². The average Bonchev–Trinajstić information content (AvgIpc) is 2.47. The summed E-state index contributed by atoms with van der Waals surface area (Å²) in [6.45, 7) is 5.70. The van der Waals surface area contributed by atoms with Crippen LogP contribution in [0.3, 0.4) is 0 Å². The lowest BCUT2D eigenvalue weighted by atomic mass is 10.1. The van der Waals surface area contributed by atoms with E-state index < -0.39 is 11.6 Å². The molecule has 16 heavy (non-hydrogen) atoms. The Kier molecular flexibility index (Phi) is 3.39. The zero-order chi connectivity index (χ0) is 11.5. The van der Waals surface area contributed by atoms with Gasteiger partial charge in [0.15, 0.2) is 11.6 Å². The van der Waals surface area contributed by atoms with Crippen LogP contribution in [0.15, 0.2) is 18.2 Å². The van der Waals surface area contributed by atoms with Crippen molar-refractivity contribution in [3.63, 3.8) is 0 Å². The molecule has 0 bridgehead atoms. The quantitative estimate of drug-likeness (QED) is 0.788. The largest absolute Gasteiger partial charge is 0.370 e. The monoisotopic (exact) mass is 226 g/mol. The van der Waals surface area contributed by atoms with Gasteiger partial charge in [0.1, 0.15) is 0 Å². The first-order valence-corrected chi connectivity index (χ1v) is 5.57. The molecule has 1 fully saturated rings. The Morgan fingerprint density at radius 2 is 2.12 bits per heavy atom. The van der Waals surface area contributed by atoms with Gasteiger partial charge < -0.3 is 10.2 Å². The van der Waals surface area contributed by atoms with Crippen molar-refractivity contribution in [1.29, 1.82) is 0 Å². The molecular formula is C12H16F2N2. The Bertz CT molecular complexity index is 368. The van der Waals surface area contributed by atoms with Crippen LogP contribution in [0, 0.1) is 17.6 Å². The third-order valence-corrected chi connectivity index (χ3v) is 2.85. The van der Waals surface area contributed by atoms with Crippen LogP contribution in [0.1, 0.15) is 6.92 Å². The number of nitrogens with one attached hydrogen (secondary N) is 1. The average molecular weight is 226 g/mol. The predicted octanol–water partition coefficient (Wildman–Crippen LogP) is 2.01. The SMILES string of the molecule is CC1CNCCN(c2ccc(F)c(F)c2)C1. The minimum atomic E-state index is -0.787. The van der Waals surface area contributed by atoms with Crippen molar-refractivity contribution in [2.24, 2.45) is 5.92 Å². The zero-order valence-corrected chi connectivity index (χ0v) is 9.34. The molecule has 2 nitrogen and oxygen atoms in total. The molecule has 2 rings (SSSR count). The fourth-order valence-corrected chi connectivity index (χ4v) is 2.01. The molecule has 1 N–H and O–H groups in total. The molecule has 1 aliphatic rings. The second kappa shape index (κ2) is 4.78. The smallest absolute Gasteiger partial charge is 0.160 e. The molecule has 1 atom stereocenters. The maximum Gasteiger partial charge on any atom is 0.160 e. The van der Waals surface area contributed by atoms with Gasteiger partial charge in [-0.3, -0.25) is 0 Å². The summed E-state index contributed by atoms with van der Waals surface area (Å²) in [5.41, 5.74) is 0.759. The van der Waals surface area contributed by atoms with Gasteiger partial charge in [-0.15, -0.1) is 0 Å². The van der Waals surface area contributed by atoms with Crippen LogP contribution in [0.2, 0.25) is 0 Å². The van der Waals surface area contributed by atoms with Gasteiger partial charge in [-0.05, 0) is 24.6 Å². The standard InChI is InChI=1S/C12H16F2N2/c1-9-7-15-4-5-16(8-9)10-2-3-11(13)12(14)6-10/h2-3,6,9,15H,4-5,7-8H2,1H3. The van der Waals surface area contributed by atoms with E-state index >= 15 is 0 Å². The molecule has 4 heteroatoms. The maximum atomic E-state index is 13.1. The molecule has 0 saturated carbocycles. The van der Waals surface area contributed by atoms with E-state index in [9.17, 15) is 8.78 Å². The van der Waals surface area contributed by atoms with E-state index in [-0.39, 0.29) is 0 Å². The van der Waals surface area contributed by atoms with Crippen LogP contribution in [-0.2, 0) is 0 Å². The van der Waals surface area contributed by atoms with E-state index in [1.807, 2.05) is 0 Å². The summed E-state index contributed by atoms with van der Waals surface area (Å²) in [5.74, 6) is -1.05. The third kappa shape index (κ3) is 2.50. The van der Waals surface area contributed by atoms with Gasteiger partial charge in [-0.25, -0.2) is 8.78 Å². The first kappa shape index (κ1) is 11.3. The van der Waals surface area contributed by atoms with Crippen LogP contribution in [0.25, 0.3) is 0 Å². The van der Waals surface area contributed by atoms with Crippen LogP contribution in [0.4, 0.5) is 14.5 Å². The van der Waals surface area contributed by atoms with Crippen molar-refractivity contribution in [3.8, 4) is 0 Å². The number of rotatable bonds is 1. The van der Waals surface area contributed by atoms with Crippen molar-refractivity contribution in [2.75, 3.05) is 31.1 Å². The Hall–Kier alpha value is -1.16. The Balaban J connectivity index is 2.18. The first-order chi connectivity index (χ1) is 7.66. The Labute approximate surface area is 94.3 Å². The van der Waals surface area contributed by atoms with Crippen molar-refractivity contribution in [1.82, 2.24) is 5.32 Å². The number of halogens is 2. The first-order valence-electron chi connectivity index (χ1n) is 5.57. The summed E-state index contributed by atoms with van der Waals surface area (Å²) in [6, 6.07) is 4.09. The Morgan fingerprint density at radius 1 is 1.31 bits per heavy atom. The van der Waals surface area contributed by atoms with Crippen LogP contribution < -0.4 is 10.2 Å². The van der Waals surface area contributed by atoms with Crippen molar-refractivity contribution in [2.45, 2.75) is 6.92 Å². The summed E-state index contributed by atoms with van der Waals surface area (Å²) in [6.07, 6.45) is 0. The van der Waals surface area contributed by atoms with Gasteiger partial charge in [0.2, 0.25) is 0 Å². The molecular weight excluding hydrogens is 210 g/mol. The van der Waals surface area contributed by atoms with Crippen LogP contribution in [0.5, 0.6) is 0 Å². The molecule has 0 spiro atoms. The second-order valence-corrected chi connectivity index (χ2v) is 4.35. The number of benzene rings is 1. The van der Waals surface area contributed by atoms with Gasteiger partial charge in [-0.2, -0.15) is 0 Å². The second-order valence-electron chi connectivity index (χ2n) is 4.35. The van der Waals surface area contributed by atoms with Gasteiger partial charge in [0, 0.05) is 31.4 Å². The number of anilines is 1. The molecule has 1 heterocycles. The number of nitrogens with zero attached hydrogens (tertiary/aromatic N) is 1. The highest BCUT2D eigenvalue weighted by Gasteiger charge is 2.15. The van der Waals surface area contributed by atoms with Gasteiger partial charge in [-0.1, -0.05) is 6.92 Å². The molecule has 88 valence electrons. The number of hydrogen-bond acceptors (Lipinski definition) is 2. The Morgan fingerprint density at radius 3 is 2.88 bits per heavy atom. The van der Waals surface area contributed by atoms with E-state index in [0.717, 1.165) is 31.9 Å². The molecule has 1 aliphatic heterocycles. The molecule has 0 radical (unpaired) electrons. The lowest BCUT2D eigenvalue weighted by molar-refractivity contribution is 0.507. The summed E-state index contributed by atoms with van der Waals surface area (Å²) in [4.78, 5) is 2.09. The van der Waals surface area contributed by atoms with E-state index in [1.54, 1.807) is 6.07 Å². The minimum absolute atomic E-state index is 0.510. The highest BCUT2D eigenvalue weighted by molar-refractivity contribution is 5.47.